The van der Waals surface area contributed by atoms with Crippen molar-refractivity contribution in [2.45, 2.75) is 48.0 Å². The predicted molar refractivity (Wildman–Crippen MR) is 123 cm³/mol. The third-order valence-corrected chi connectivity index (χ3v) is 4.72. The summed E-state index contributed by atoms with van der Waals surface area (Å²) in [4.78, 5) is 32.1. The first-order valence-electron chi connectivity index (χ1n) is 9.92. The molecule has 1 aromatic carbocycles. The van der Waals surface area contributed by atoms with Gasteiger partial charge < -0.3 is 0 Å². The molecule has 0 fully saturated rings. The van der Waals surface area contributed by atoms with E-state index < -0.39 is 5.41 Å². The van der Waals surface area contributed by atoms with Gasteiger partial charge in [0, 0.05) is 35.0 Å². The molecule has 0 spiro atoms. The lowest BCUT2D eigenvalue weighted by Crippen LogP contribution is -2.22. The van der Waals surface area contributed by atoms with Gasteiger partial charge in [0.2, 0.25) is 0 Å². The van der Waals surface area contributed by atoms with Gasteiger partial charge in [-0.25, -0.2) is 4.98 Å². The van der Waals surface area contributed by atoms with Crippen LogP contribution in [-0.4, -0.2) is 21.5 Å². The molecule has 3 aromatic rings. The van der Waals surface area contributed by atoms with Crippen LogP contribution >= 0.6 is 11.6 Å². The van der Waals surface area contributed by atoms with Gasteiger partial charge in [0.25, 0.3) is 0 Å². The summed E-state index contributed by atoms with van der Waals surface area (Å²) in [5.41, 5.74) is 0.735. The molecule has 5 heteroatoms. The van der Waals surface area contributed by atoms with Crippen molar-refractivity contribution in [2.75, 3.05) is 0 Å². The first-order chi connectivity index (χ1) is 13.9. The molecule has 0 atom stereocenters. The SMILES string of the molecule is CC(C)(C)C(=O)Cc1cccnc1.CC(C)(C)C(=O)c1nc(Cl)cc2ccccc12. The van der Waals surface area contributed by atoms with Gasteiger partial charge in [-0.2, -0.15) is 0 Å². The first-order valence-corrected chi connectivity index (χ1v) is 10.3. The third-order valence-electron chi connectivity index (χ3n) is 4.53. The number of aromatic nitrogens is 2. The zero-order valence-electron chi connectivity index (χ0n) is 18.5. The summed E-state index contributed by atoms with van der Waals surface area (Å²) >= 11 is 5.95. The number of ketones is 2. The van der Waals surface area contributed by atoms with E-state index in [0.29, 0.717) is 17.3 Å². The molecule has 3 rings (SSSR count). The van der Waals surface area contributed by atoms with E-state index in [1.165, 1.54) is 0 Å². The quantitative estimate of drug-likeness (QED) is 0.362. The monoisotopic (exact) mass is 424 g/mol. The zero-order valence-corrected chi connectivity index (χ0v) is 19.2. The number of carbonyl (C=O) groups excluding carboxylic acids is 2. The fraction of sp³-hybridized carbons (Fsp3) is 0.360. The smallest absolute Gasteiger partial charge is 0.187 e. The number of hydrogen-bond acceptors (Lipinski definition) is 4. The van der Waals surface area contributed by atoms with Crippen LogP contribution in [0.25, 0.3) is 10.8 Å². The molecule has 2 aromatic heterocycles. The molecule has 0 saturated carbocycles. The lowest BCUT2D eigenvalue weighted by molar-refractivity contribution is -0.125. The Morgan fingerprint density at radius 3 is 2.17 bits per heavy atom. The second-order valence-corrected chi connectivity index (χ2v) is 9.69. The number of rotatable bonds is 3. The van der Waals surface area contributed by atoms with Crippen molar-refractivity contribution in [3.05, 3.63) is 71.3 Å². The van der Waals surface area contributed by atoms with Gasteiger partial charge in [-0.1, -0.05) is 83.5 Å². The fourth-order valence-electron chi connectivity index (χ4n) is 2.65. The molecule has 0 aliphatic rings. The van der Waals surface area contributed by atoms with Crippen LogP contribution in [0.3, 0.4) is 0 Å². The summed E-state index contributed by atoms with van der Waals surface area (Å²) in [5, 5.41) is 2.16. The van der Waals surface area contributed by atoms with Crippen LogP contribution in [0.4, 0.5) is 0 Å². The van der Waals surface area contributed by atoms with E-state index in [0.717, 1.165) is 16.3 Å². The number of carbonyl (C=O) groups is 2. The summed E-state index contributed by atoms with van der Waals surface area (Å²) in [7, 11) is 0. The average Bonchev–Trinajstić information content (AvgIpc) is 2.66. The number of Topliss-reactive ketones (excluding diaryl/α,β-unsaturated/α-hetero) is 2. The first kappa shape index (κ1) is 23.7. The van der Waals surface area contributed by atoms with E-state index in [4.69, 9.17) is 11.6 Å². The standard InChI is InChI=1S/C14H14ClNO.C11H15NO/c1-14(2,3)13(17)12-10-7-5-4-6-9(10)8-11(15)16-12;1-11(2,3)10(13)7-9-5-4-6-12-8-9/h4-8H,1-3H3;4-6,8H,7H2,1-3H3. The van der Waals surface area contributed by atoms with Crippen molar-refractivity contribution in [1.29, 1.82) is 0 Å². The molecule has 4 nitrogen and oxygen atoms in total. The molecule has 30 heavy (non-hydrogen) atoms. The van der Waals surface area contributed by atoms with Crippen LogP contribution in [-0.2, 0) is 11.2 Å². The minimum Gasteiger partial charge on any atom is -0.299 e. The highest BCUT2D eigenvalue weighted by Gasteiger charge is 2.26. The number of nitrogens with zero attached hydrogens (tertiary/aromatic N) is 2. The highest BCUT2D eigenvalue weighted by Crippen LogP contribution is 2.27. The third kappa shape index (κ3) is 6.46. The molecule has 2 heterocycles. The summed E-state index contributed by atoms with van der Waals surface area (Å²) < 4.78 is 0. The Hall–Kier alpha value is -2.59. The van der Waals surface area contributed by atoms with E-state index in [1.807, 2.05) is 77.9 Å². The molecule has 0 amide bonds. The number of pyridine rings is 2. The minimum atomic E-state index is -0.458. The Labute approximate surface area is 183 Å². The molecule has 0 saturated heterocycles. The van der Waals surface area contributed by atoms with Crippen molar-refractivity contribution >= 4 is 33.9 Å². The lowest BCUT2D eigenvalue weighted by atomic mass is 9.87. The Kier molecular flexibility index (Phi) is 7.49. The maximum atomic E-state index is 12.3. The highest BCUT2D eigenvalue weighted by molar-refractivity contribution is 6.30. The van der Waals surface area contributed by atoms with Crippen LogP contribution in [0.5, 0.6) is 0 Å². The molecule has 158 valence electrons. The molecule has 0 aliphatic carbocycles. The number of fused-ring (bicyclic) bond motifs is 1. The van der Waals surface area contributed by atoms with Crippen molar-refractivity contribution in [3.8, 4) is 0 Å². The molecule has 0 bridgehead atoms. The lowest BCUT2D eigenvalue weighted by Gasteiger charge is -2.17. The van der Waals surface area contributed by atoms with E-state index in [1.54, 1.807) is 18.5 Å². The number of halogens is 1. The Bertz CT molecular complexity index is 1030. The van der Waals surface area contributed by atoms with Crippen molar-refractivity contribution in [2.24, 2.45) is 10.8 Å². The number of hydrogen-bond donors (Lipinski definition) is 0. The summed E-state index contributed by atoms with van der Waals surface area (Å²) in [6, 6.07) is 13.2. The van der Waals surface area contributed by atoms with Crippen LogP contribution in [0.15, 0.2) is 54.9 Å². The fourth-order valence-corrected chi connectivity index (χ4v) is 2.85. The van der Waals surface area contributed by atoms with Gasteiger partial charge in [-0.15, -0.1) is 0 Å². The molecule has 0 N–H and O–H groups in total. The van der Waals surface area contributed by atoms with Gasteiger partial charge in [-0.3, -0.25) is 14.6 Å². The molecule has 0 radical (unpaired) electrons. The van der Waals surface area contributed by atoms with Gasteiger partial charge in [-0.05, 0) is 23.1 Å². The largest absolute Gasteiger partial charge is 0.299 e. The van der Waals surface area contributed by atoms with Crippen LogP contribution in [0.2, 0.25) is 5.15 Å². The normalized spacial score (nSPS) is 11.6. The molecular weight excluding hydrogens is 396 g/mol. The maximum Gasteiger partial charge on any atom is 0.187 e. The topological polar surface area (TPSA) is 59.9 Å². The van der Waals surface area contributed by atoms with Crippen molar-refractivity contribution in [1.82, 2.24) is 9.97 Å². The van der Waals surface area contributed by atoms with E-state index in [9.17, 15) is 9.59 Å². The van der Waals surface area contributed by atoms with Crippen LogP contribution in [0, 0.1) is 10.8 Å². The highest BCUT2D eigenvalue weighted by atomic mass is 35.5. The summed E-state index contributed by atoms with van der Waals surface area (Å²) in [6.45, 7) is 11.5. The minimum absolute atomic E-state index is 0.0104. The molecule has 0 unspecified atom stereocenters. The Morgan fingerprint density at radius 2 is 1.60 bits per heavy atom. The van der Waals surface area contributed by atoms with Crippen molar-refractivity contribution < 1.29 is 9.59 Å². The van der Waals surface area contributed by atoms with Crippen LogP contribution < -0.4 is 0 Å². The van der Waals surface area contributed by atoms with Gasteiger partial charge in [0.05, 0.1) is 0 Å². The van der Waals surface area contributed by atoms with E-state index in [-0.39, 0.29) is 17.0 Å². The predicted octanol–water partition coefficient (Wildman–Crippen LogP) is 6.36. The van der Waals surface area contributed by atoms with Crippen LogP contribution in [0.1, 0.15) is 57.6 Å². The molecule has 0 aliphatic heterocycles. The zero-order chi connectivity index (χ0) is 22.5. The second-order valence-electron chi connectivity index (χ2n) is 9.31. The Balaban J connectivity index is 0.000000222. The maximum absolute atomic E-state index is 12.3. The van der Waals surface area contributed by atoms with E-state index in [2.05, 4.69) is 9.97 Å². The van der Waals surface area contributed by atoms with Gasteiger partial charge in [0.15, 0.2) is 5.78 Å². The van der Waals surface area contributed by atoms with Gasteiger partial charge in [0.1, 0.15) is 16.6 Å². The number of benzene rings is 1. The second kappa shape index (κ2) is 9.48. The van der Waals surface area contributed by atoms with E-state index >= 15 is 0 Å². The van der Waals surface area contributed by atoms with Gasteiger partial charge >= 0.3 is 0 Å². The van der Waals surface area contributed by atoms with Crippen molar-refractivity contribution in [3.63, 3.8) is 0 Å². The summed E-state index contributed by atoms with van der Waals surface area (Å²) in [6.07, 6.45) is 3.94. The Morgan fingerprint density at radius 1 is 0.933 bits per heavy atom. The average molecular weight is 425 g/mol. The summed E-state index contributed by atoms with van der Waals surface area (Å²) in [5.74, 6) is 0.261. The molecular formula is C25H29ClN2O2.